The molecule has 0 aromatic heterocycles. The number of rotatable bonds is 3. The highest BCUT2D eigenvalue weighted by Crippen LogP contribution is 2.06. The first-order valence-corrected chi connectivity index (χ1v) is 4.91. The first-order valence-electron chi connectivity index (χ1n) is 4.91. The molecule has 1 aromatic rings. The lowest BCUT2D eigenvalue weighted by Crippen LogP contribution is -2.34. The largest absolute Gasteiger partial charge is 0.383 e. The topological polar surface area (TPSA) is 41.1 Å². The molecule has 14 heavy (non-hydrogen) atoms. The number of anilines is 1. The van der Waals surface area contributed by atoms with Crippen LogP contribution >= 0.6 is 0 Å². The molecule has 1 unspecified atom stereocenters. The zero-order valence-electron chi connectivity index (χ0n) is 7.99. The number of Topliss-reactive ketones (excluding diaryl/α,β-unsaturated/α-hetero) is 1. The van der Waals surface area contributed by atoms with Crippen molar-refractivity contribution in [1.82, 2.24) is 5.32 Å². The number of hydrogen-bond donors (Lipinski definition) is 2. The molecule has 0 spiro atoms. The molecule has 1 saturated heterocycles. The predicted octanol–water partition coefficient (Wildman–Crippen LogP) is 1.03. The van der Waals surface area contributed by atoms with E-state index in [0.717, 1.165) is 12.2 Å². The number of para-hydroxylation sites is 1. The van der Waals surface area contributed by atoms with Crippen LogP contribution in [0.4, 0.5) is 5.69 Å². The summed E-state index contributed by atoms with van der Waals surface area (Å²) in [6.07, 6.45) is 0.668. The molecular formula is C11H14N2O. The van der Waals surface area contributed by atoms with Gasteiger partial charge < -0.3 is 10.6 Å². The van der Waals surface area contributed by atoms with Gasteiger partial charge in [-0.15, -0.1) is 0 Å². The van der Waals surface area contributed by atoms with Crippen LogP contribution in [0.25, 0.3) is 0 Å². The minimum absolute atomic E-state index is 0.00444. The summed E-state index contributed by atoms with van der Waals surface area (Å²) in [6.45, 7) is 1.50. The zero-order chi connectivity index (χ0) is 9.80. The quantitative estimate of drug-likeness (QED) is 0.748. The second-order valence-corrected chi connectivity index (χ2v) is 3.47. The monoisotopic (exact) mass is 190 g/mol. The Hall–Kier alpha value is -1.35. The molecule has 0 bridgehead atoms. The van der Waals surface area contributed by atoms with Crippen molar-refractivity contribution in [3.63, 3.8) is 0 Å². The van der Waals surface area contributed by atoms with Crippen molar-refractivity contribution in [2.45, 2.75) is 12.5 Å². The molecule has 1 aliphatic heterocycles. The number of carbonyl (C=O) groups excluding carboxylic acids is 1. The molecule has 1 heterocycles. The van der Waals surface area contributed by atoms with Gasteiger partial charge in [0.05, 0.1) is 6.04 Å². The van der Waals surface area contributed by atoms with Crippen molar-refractivity contribution < 1.29 is 4.79 Å². The van der Waals surface area contributed by atoms with Gasteiger partial charge in [0.15, 0.2) is 5.78 Å². The lowest BCUT2D eigenvalue weighted by atomic mass is 10.2. The first-order chi connectivity index (χ1) is 6.86. The summed E-state index contributed by atoms with van der Waals surface area (Å²) in [5, 5.41) is 6.40. The third kappa shape index (κ3) is 2.12. The van der Waals surface area contributed by atoms with Gasteiger partial charge in [0.25, 0.3) is 0 Å². The molecule has 0 amide bonds. The average Bonchev–Trinajstić information content (AvgIpc) is 2.63. The predicted molar refractivity (Wildman–Crippen MR) is 56.3 cm³/mol. The molecule has 2 N–H and O–H groups in total. The summed E-state index contributed by atoms with van der Waals surface area (Å²) in [6, 6.07) is 9.93. The lowest BCUT2D eigenvalue weighted by molar-refractivity contribution is -0.118. The van der Waals surface area contributed by atoms with Crippen molar-refractivity contribution in [3.05, 3.63) is 30.3 Å². The molecule has 0 radical (unpaired) electrons. The van der Waals surface area contributed by atoms with E-state index in [1.165, 1.54) is 0 Å². The van der Waals surface area contributed by atoms with Gasteiger partial charge in [-0.3, -0.25) is 4.79 Å². The van der Waals surface area contributed by atoms with Crippen molar-refractivity contribution in [2.24, 2.45) is 0 Å². The summed E-state index contributed by atoms with van der Waals surface area (Å²) in [5.74, 6) is 0.313. The molecular weight excluding hydrogens is 176 g/mol. The Morgan fingerprint density at radius 1 is 1.36 bits per heavy atom. The van der Waals surface area contributed by atoms with Crippen LogP contribution in [0, 0.1) is 0 Å². The minimum Gasteiger partial charge on any atom is -0.383 e. The Labute approximate surface area is 83.5 Å². The van der Waals surface area contributed by atoms with E-state index in [9.17, 15) is 4.79 Å². The smallest absolute Gasteiger partial charge is 0.152 e. The SMILES string of the molecule is O=C1CCNC1CNc1ccccc1. The Morgan fingerprint density at radius 3 is 2.79 bits per heavy atom. The maximum Gasteiger partial charge on any atom is 0.152 e. The van der Waals surface area contributed by atoms with E-state index < -0.39 is 0 Å². The maximum absolute atomic E-state index is 11.3. The fraction of sp³-hybridized carbons (Fsp3) is 0.364. The Morgan fingerprint density at radius 2 is 2.14 bits per heavy atom. The number of nitrogens with one attached hydrogen (secondary N) is 2. The maximum atomic E-state index is 11.3. The van der Waals surface area contributed by atoms with Crippen LogP contribution in [0.1, 0.15) is 6.42 Å². The highest BCUT2D eigenvalue weighted by atomic mass is 16.1. The third-order valence-corrected chi connectivity index (χ3v) is 2.43. The molecule has 1 atom stereocenters. The van der Waals surface area contributed by atoms with Gasteiger partial charge in [-0.25, -0.2) is 0 Å². The van der Waals surface area contributed by atoms with Gasteiger partial charge in [-0.2, -0.15) is 0 Å². The van der Waals surface area contributed by atoms with Crippen LogP contribution in [0.2, 0.25) is 0 Å². The Balaban J connectivity index is 1.85. The van der Waals surface area contributed by atoms with E-state index in [1.54, 1.807) is 0 Å². The molecule has 0 saturated carbocycles. The van der Waals surface area contributed by atoms with Gasteiger partial charge in [0.1, 0.15) is 0 Å². The molecule has 3 nitrogen and oxygen atoms in total. The molecule has 0 aliphatic carbocycles. The lowest BCUT2D eigenvalue weighted by Gasteiger charge is -2.11. The fourth-order valence-electron chi connectivity index (χ4n) is 1.62. The van der Waals surface area contributed by atoms with Gasteiger partial charge in [0, 0.05) is 25.2 Å². The number of carbonyl (C=O) groups is 1. The van der Waals surface area contributed by atoms with Gasteiger partial charge in [-0.05, 0) is 12.1 Å². The first kappa shape index (κ1) is 9.21. The van der Waals surface area contributed by atoms with E-state index in [0.29, 0.717) is 18.7 Å². The molecule has 3 heteroatoms. The van der Waals surface area contributed by atoms with Gasteiger partial charge in [-0.1, -0.05) is 18.2 Å². The van der Waals surface area contributed by atoms with E-state index in [4.69, 9.17) is 0 Å². The summed E-state index contributed by atoms with van der Waals surface area (Å²) in [7, 11) is 0. The summed E-state index contributed by atoms with van der Waals surface area (Å²) >= 11 is 0. The van der Waals surface area contributed by atoms with Crippen LogP contribution in [0.5, 0.6) is 0 Å². The standard InChI is InChI=1S/C11H14N2O/c14-11-6-7-12-10(11)8-13-9-4-2-1-3-5-9/h1-5,10,12-13H,6-8H2. The van der Waals surface area contributed by atoms with E-state index >= 15 is 0 Å². The molecule has 1 aliphatic rings. The number of hydrogen-bond acceptors (Lipinski definition) is 3. The van der Waals surface area contributed by atoms with E-state index in [2.05, 4.69) is 10.6 Å². The number of ketones is 1. The van der Waals surface area contributed by atoms with E-state index in [1.807, 2.05) is 30.3 Å². The van der Waals surface area contributed by atoms with Crippen LogP contribution in [0.15, 0.2) is 30.3 Å². The van der Waals surface area contributed by atoms with Crippen molar-refractivity contribution >= 4 is 11.5 Å². The highest BCUT2D eigenvalue weighted by Gasteiger charge is 2.22. The fourth-order valence-corrected chi connectivity index (χ4v) is 1.62. The van der Waals surface area contributed by atoms with Crippen LogP contribution < -0.4 is 10.6 Å². The normalized spacial score (nSPS) is 21.1. The molecule has 2 rings (SSSR count). The second kappa shape index (κ2) is 4.24. The highest BCUT2D eigenvalue weighted by molar-refractivity contribution is 5.86. The summed E-state index contributed by atoms with van der Waals surface area (Å²) in [4.78, 5) is 11.3. The Bertz CT molecular complexity index is 310. The van der Waals surface area contributed by atoms with E-state index in [-0.39, 0.29) is 6.04 Å². The third-order valence-electron chi connectivity index (χ3n) is 2.43. The van der Waals surface area contributed by atoms with Crippen LogP contribution in [0.3, 0.4) is 0 Å². The van der Waals surface area contributed by atoms with Crippen LogP contribution in [-0.2, 0) is 4.79 Å². The van der Waals surface area contributed by atoms with Crippen molar-refractivity contribution in [3.8, 4) is 0 Å². The van der Waals surface area contributed by atoms with Crippen molar-refractivity contribution in [2.75, 3.05) is 18.4 Å². The average molecular weight is 190 g/mol. The molecule has 1 aromatic carbocycles. The summed E-state index contributed by atoms with van der Waals surface area (Å²) < 4.78 is 0. The van der Waals surface area contributed by atoms with Crippen molar-refractivity contribution in [1.29, 1.82) is 0 Å². The Kier molecular flexibility index (Phi) is 2.79. The number of benzene rings is 1. The second-order valence-electron chi connectivity index (χ2n) is 3.47. The molecule has 1 fully saturated rings. The van der Waals surface area contributed by atoms with Gasteiger partial charge >= 0.3 is 0 Å². The zero-order valence-corrected chi connectivity index (χ0v) is 7.99. The summed E-state index contributed by atoms with van der Waals surface area (Å²) in [5.41, 5.74) is 1.06. The molecule has 74 valence electrons. The van der Waals surface area contributed by atoms with Crippen LogP contribution in [-0.4, -0.2) is 24.9 Å². The van der Waals surface area contributed by atoms with Gasteiger partial charge in [0.2, 0.25) is 0 Å². The minimum atomic E-state index is -0.00444.